The first-order chi connectivity index (χ1) is 12.8. The van der Waals surface area contributed by atoms with Crippen LogP contribution in [0.3, 0.4) is 0 Å². The van der Waals surface area contributed by atoms with E-state index in [4.69, 9.17) is 4.74 Å². The van der Waals surface area contributed by atoms with Gasteiger partial charge in [0.25, 0.3) is 5.56 Å². The Bertz CT molecular complexity index is 767. The summed E-state index contributed by atoms with van der Waals surface area (Å²) in [6.07, 6.45) is 4.48. The number of piperidine rings is 1. The molecule has 0 aromatic carbocycles. The van der Waals surface area contributed by atoms with Crippen LogP contribution < -0.4 is 5.56 Å². The van der Waals surface area contributed by atoms with Crippen LogP contribution in [-0.2, 0) is 16.0 Å². The summed E-state index contributed by atoms with van der Waals surface area (Å²) in [6, 6.07) is 0.169. The summed E-state index contributed by atoms with van der Waals surface area (Å²) in [5.41, 5.74) is -0.383. The lowest BCUT2D eigenvalue weighted by molar-refractivity contribution is -0.133. The predicted molar refractivity (Wildman–Crippen MR) is 99.4 cm³/mol. The average Bonchev–Trinajstić information content (AvgIpc) is 2.94. The minimum absolute atomic E-state index is 0.0368. The Hall–Kier alpha value is -2.38. The van der Waals surface area contributed by atoms with Crippen LogP contribution in [0.2, 0.25) is 0 Å². The maximum absolute atomic E-state index is 12.6. The maximum Gasteiger partial charge on any atom is 0.410 e. The summed E-state index contributed by atoms with van der Waals surface area (Å²) in [5.74, 6) is 0.433. The molecule has 1 aromatic heterocycles. The highest BCUT2D eigenvalue weighted by Gasteiger charge is 2.48. The van der Waals surface area contributed by atoms with Crippen LogP contribution in [0.25, 0.3) is 0 Å². The van der Waals surface area contributed by atoms with Gasteiger partial charge in [-0.25, -0.2) is 9.78 Å². The quantitative estimate of drug-likeness (QED) is 0.842. The third-order valence-electron chi connectivity index (χ3n) is 5.60. The van der Waals surface area contributed by atoms with E-state index >= 15 is 0 Å². The molecular weight excluding hydrogens is 348 g/mol. The molecule has 1 atom stereocenters. The summed E-state index contributed by atoms with van der Waals surface area (Å²) in [4.78, 5) is 47.0. The van der Waals surface area contributed by atoms with Gasteiger partial charge in [0.05, 0.1) is 13.0 Å². The minimum atomic E-state index is -0.487. The monoisotopic (exact) mass is 376 g/mol. The first-order valence-electron chi connectivity index (χ1n) is 9.66. The Kier molecular flexibility index (Phi) is 5.53. The first kappa shape index (κ1) is 19.4. The number of nitrogens with one attached hydrogen (secondary N) is 1. The number of hydrogen-bond donors (Lipinski definition) is 1. The van der Waals surface area contributed by atoms with E-state index in [1.54, 1.807) is 11.8 Å². The number of rotatable bonds is 5. The van der Waals surface area contributed by atoms with E-state index in [1.165, 1.54) is 6.20 Å². The van der Waals surface area contributed by atoms with Crippen LogP contribution in [0.4, 0.5) is 4.79 Å². The lowest BCUT2D eigenvalue weighted by Crippen LogP contribution is -2.49. The van der Waals surface area contributed by atoms with Gasteiger partial charge in [-0.3, -0.25) is 9.59 Å². The number of likely N-dealkylation sites (tertiary alicyclic amines) is 1. The van der Waals surface area contributed by atoms with E-state index in [1.807, 2.05) is 4.90 Å². The molecule has 1 spiro atoms. The fourth-order valence-electron chi connectivity index (χ4n) is 3.90. The van der Waals surface area contributed by atoms with Gasteiger partial charge in [0.1, 0.15) is 11.4 Å². The highest BCUT2D eigenvalue weighted by molar-refractivity contribution is 5.79. The van der Waals surface area contributed by atoms with Gasteiger partial charge in [-0.1, -0.05) is 13.3 Å². The zero-order valence-corrected chi connectivity index (χ0v) is 16.3. The second-order valence-corrected chi connectivity index (χ2v) is 7.70. The van der Waals surface area contributed by atoms with Crippen molar-refractivity contribution in [3.05, 3.63) is 27.9 Å². The number of ether oxygens (including phenoxy) is 1. The minimum Gasteiger partial charge on any atom is -0.441 e. The Morgan fingerprint density at radius 2 is 2.07 bits per heavy atom. The summed E-state index contributed by atoms with van der Waals surface area (Å²) < 4.78 is 5.73. The van der Waals surface area contributed by atoms with Crippen molar-refractivity contribution in [3.63, 3.8) is 0 Å². The summed E-state index contributed by atoms with van der Waals surface area (Å²) >= 11 is 0. The highest BCUT2D eigenvalue weighted by Crippen LogP contribution is 2.34. The number of nitrogens with zero attached hydrogens (tertiary/aromatic N) is 3. The molecule has 0 aliphatic carbocycles. The van der Waals surface area contributed by atoms with Gasteiger partial charge >= 0.3 is 6.09 Å². The van der Waals surface area contributed by atoms with Gasteiger partial charge in [-0.15, -0.1) is 0 Å². The van der Waals surface area contributed by atoms with Crippen LogP contribution in [0.5, 0.6) is 0 Å². The molecule has 2 aliphatic rings. The maximum atomic E-state index is 12.6. The van der Waals surface area contributed by atoms with Gasteiger partial charge in [-0.2, -0.15) is 0 Å². The molecule has 2 aliphatic heterocycles. The number of carbonyl (C=O) groups excluding carboxylic acids is 2. The average molecular weight is 376 g/mol. The van der Waals surface area contributed by atoms with Crippen molar-refractivity contribution >= 4 is 12.0 Å². The molecule has 2 amide bonds. The van der Waals surface area contributed by atoms with Crippen LogP contribution >= 0.6 is 0 Å². The van der Waals surface area contributed by atoms with E-state index in [-0.39, 0.29) is 30.0 Å². The van der Waals surface area contributed by atoms with E-state index in [0.717, 1.165) is 12.8 Å². The molecule has 0 radical (unpaired) electrons. The number of H-pyrrole nitrogens is 1. The number of aryl methyl sites for hydroxylation is 1. The number of aromatic nitrogens is 2. The molecular formula is C19H28N4O4. The van der Waals surface area contributed by atoms with Crippen molar-refractivity contribution < 1.29 is 14.3 Å². The molecule has 0 bridgehead atoms. The van der Waals surface area contributed by atoms with Crippen molar-refractivity contribution in [2.45, 2.75) is 64.5 Å². The highest BCUT2D eigenvalue weighted by atomic mass is 16.6. The molecule has 2 fully saturated rings. The molecule has 1 aromatic rings. The van der Waals surface area contributed by atoms with E-state index in [0.29, 0.717) is 43.9 Å². The van der Waals surface area contributed by atoms with Crippen LogP contribution in [0.15, 0.2) is 11.0 Å². The standard InChI is InChI=1S/C19H28N4O4/c1-4-5-13(2)23-12-19(27-18(23)26)6-8-22(9-7-19)16(24)10-15-11-20-14(3)21-17(15)25/h11,13H,4-10,12H2,1-3H3,(H,20,21,25). The Morgan fingerprint density at radius 1 is 1.37 bits per heavy atom. The third-order valence-corrected chi connectivity index (χ3v) is 5.60. The number of amides is 2. The second-order valence-electron chi connectivity index (χ2n) is 7.70. The second kappa shape index (κ2) is 7.70. The molecule has 0 saturated carbocycles. The molecule has 1 N–H and O–H groups in total. The van der Waals surface area contributed by atoms with Crippen LogP contribution in [-0.4, -0.2) is 63.0 Å². The molecule has 1 unspecified atom stereocenters. The van der Waals surface area contributed by atoms with Gasteiger partial charge in [0, 0.05) is 43.7 Å². The van der Waals surface area contributed by atoms with Crippen molar-refractivity contribution in [1.29, 1.82) is 0 Å². The van der Waals surface area contributed by atoms with Gasteiger partial charge in [0.15, 0.2) is 0 Å². The first-order valence-corrected chi connectivity index (χ1v) is 9.66. The molecule has 8 nitrogen and oxygen atoms in total. The fourth-order valence-corrected chi connectivity index (χ4v) is 3.90. The largest absolute Gasteiger partial charge is 0.441 e. The van der Waals surface area contributed by atoms with Crippen LogP contribution in [0.1, 0.15) is 50.9 Å². The van der Waals surface area contributed by atoms with Crippen molar-refractivity contribution in [1.82, 2.24) is 19.8 Å². The summed E-state index contributed by atoms with van der Waals surface area (Å²) in [5, 5.41) is 0. The van der Waals surface area contributed by atoms with E-state index < -0.39 is 5.60 Å². The Morgan fingerprint density at radius 3 is 2.70 bits per heavy atom. The fraction of sp³-hybridized carbons (Fsp3) is 0.684. The van der Waals surface area contributed by atoms with Gasteiger partial charge in [0.2, 0.25) is 5.91 Å². The van der Waals surface area contributed by atoms with E-state index in [2.05, 4.69) is 23.8 Å². The molecule has 148 valence electrons. The van der Waals surface area contributed by atoms with Gasteiger partial charge in [-0.05, 0) is 20.3 Å². The van der Waals surface area contributed by atoms with Crippen molar-refractivity contribution in [2.24, 2.45) is 0 Å². The topological polar surface area (TPSA) is 95.6 Å². The number of aromatic amines is 1. The number of hydrogen-bond acceptors (Lipinski definition) is 5. The molecule has 2 saturated heterocycles. The SMILES string of the molecule is CCCC(C)N1CC2(CCN(C(=O)Cc3cnc(C)[nH]c3=O)CC2)OC1=O. The summed E-state index contributed by atoms with van der Waals surface area (Å²) in [7, 11) is 0. The van der Waals surface area contributed by atoms with E-state index in [9.17, 15) is 14.4 Å². The van der Waals surface area contributed by atoms with Crippen LogP contribution in [0, 0.1) is 6.92 Å². The number of carbonyl (C=O) groups is 2. The Labute approximate surface area is 158 Å². The van der Waals surface area contributed by atoms with Crippen molar-refractivity contribution in [2.75, 3.05) is 19.6 Å². The lowest BCUT2D eigenvalue weighted by Gasteiger charge is -2.37. The molecule has 3 rings (SSSR count). The molecule has 8 heteroatoms. The third kappa shape index (κ3) is 4.14. The summed E-state index contributed by atoms with van der Waals surface area (Å²) in [6.45, 7) is 7.50. The molecule has 3 heterocycles. The lowest BCUT2D eigenvalue weighted by atomic mass is 9.90. The zero-order chi connectivity index (χ0) is 19.6. The molecule has 27 heavy (non-hydrogen) atoms. The zero-order valence-electron chi connectivity index (χ0n) is 16.3. The van der Waals surface area contributed by atoms with Gasteiger partial charge < -0.3 is 19.5 Å². The smallest absolute Gasteiger partial charge is 0.410 e. The Balaban J connectivity index is 1.58. The van der Waals surface area contributed by atoms with Crippen molar-refractivity contribution in [3.8, 4) is 0 Å². The predicted octanol–water partition coefficient (Wildman–Crippen LogP) is 1.62. The normalized spacial score (nSPS) is 20.0.